The molecule has 6 heteroatoms. The van der Waals surface area contributed by atoms with Crippen molar-refractivity contribution in [3.8, 4) is 0 Å². The van der Waals surface area contributed by atoms with Gasteiger partial charge in [-0.25, -0.2) is 8.42 Å². The number of hydrogen-bond acceptors (Lipinski definition) is 3. The van der Waals surface area contributed by atoms with Crippen LogP contribution in [0, 0.1) is 0 Å². The number of nitrogens with one attached hydrogen (secondary N) is 1. The minimum Gasteiger partial charge on any atom is -0.353 e. The van der Waals surface area contributed by atoms with E-state index in [1.807, 2.05) is 6.92 Å². The molecule has 0 radical (unpaired) electrons. The van der Waals surface area contributed by atoms with Crippen LogP contribution in [0.15, 0.2) is 0 Å². The Labute approximate surface area is 93.5 Å². The highest BCUT2D eigenvalue weighted by molar-refractivity contribution is 9.09. The Kier molecular flexibility index (Phi) is 5.66. The molecule has 1 N–H and O–H groups in total. The molecule has 0 aliphatic rings. The number of alkyl halides is 1. The van der Waals surface area contributed by atoms with E-state index >= 15 is 0 Å². The van der Waals surface area contributed by atoms with Gasteiger partial charge in [-0.15, -0.1) is 0 Å². The molecule has 0 aliphatic carbocycles. The van der Waals surface area contributed by atoms with E-state index in [1.54, 1.807) is 0 Å². The van der Waals surface area contributed by atoms with Gasteiger partial charge in [0.1, 0.15) is 5.25 Å². The van der Waals surface area contributed by atoms with Crippen molar-refractivity contribution in [1.29, 1.82) is 0 Å². The van der Waals surface area contributed by atoms with E-state index in [2.05, 4.69) is 21.2 Å². The van der Waals surface area contributed by atoms with Crippen LogP contribution in [0.1, 0.15) is 20.3 Å². The van der Waals surface area contributed by atoms with E-state index in [-0.39, 0.29) is 6.04 Å². The van der Waals surface area contributed by atoms with Crippen LogP contribution in [0.5, 0.6) is 0 Å². The van der Waals surface area contributed by atoms with Crippen molar-refractivity contribution in [2.75, 3.05) is 11.6 Å². The van der Waals surface area contributed by atoms with Crippen molar-refractivity contribution in [1.82, 2.24) is 5.32 Å². The lowest BCUT2D eigenvalue weighted by Gasteiger charge is -2.15. The molecule has 2 unspecified atom stereocenters. The van der Waals surface area contributed by atoms with E-state index in [0.717, 1.165) is 18.0 Å². The molecule has 0 aromatic rings. The van der Waals surface area contributed by atoms with Gasteiger partial charge in [-0.3, -0.25) is 4.79 Å². The fourth-order valence-corrected chi connectivity index (χ4v) is 1.93. The first-order valence-corrected chi connectivity index (χ1v) is 7.42. The molecule has 1 amide bonds. The Morgan fingerprint density at radius 2 is 1.93 bits per heavy atom. The molecule has 84 valence electrons. The van der Waals surface area contributed by atoms with E-state index in [0.29, 0.717) is 0 Å². The molecule has 0 fully saturated rings. The minimum atomic E-state index is -3.29. The average molecular weight is 286 g/mol. The topological polar surface area (TPSA) is 63.2 Å². The number of halogens is 1. The van der Waals surface area contributed by atoms with Gasteiger partial charge in [0.05, 0.1) is 0 Å². The van der Waals surface area contributed by atoms with Crippen molar-refractivity contribution in [3.05, 3.63) is 0 Å². The second kappa shape index (κ2) is 5.70. The van der Waals surface area contributed by atoms with Gasteiger partial charge < -0.3 is 5.32 Å². The Hall–Kier alpha value is -0.100. The van der Waals surface area contributed by atoms with Crippen LogP contribution in [-0.4, -0.2) is 37.2 Å². The van der Waals surface area contributed by atoms with E-state index in [1.165, 1.54) is 6.92 Å². The number of amides is 1. The normalized spacial score (nSPS) is 16.0. The maximum Gasteiger partial charge on any atom is 0.238 e. The molecule has 0 spiro atoms. The maximum atomic E-state index is 11.4. The third-order valence-corrected chi connectivity index (χ3v) is 3.90. The third-order valence-electron chi connectivity index (χ3n) is 1.94. The summed E-state index contributed by atoms with van der Waals surface area (Å²) < 4.78 is 22.1. The van der Waals surface area contributed by atoms with Crippen molar-refractivity contribution in [2.24, 2.45) is 0 Å². The van der Waals surface area contributed by atoms with Gasteiger partial charge in [0.25, 0.3) is 0 Å². The molecular weight excluding hydrogens is 270 g/mol. The molecule has 0 bridgehead atoms. The standard InChI is InChI=1S/C8H16BrNO3S/c1-6(4-5-9)10-8(11)7(2)14(3,12)13/h6-7H,4-5H2,1-3H3,(H,10,11). The zero-order valence-electron chi connectivity index (χ0n) is 8.58. The summed E-state index contributed by atoms with van der Waals surface area (Å²) in [7, 11) is -3.29. The van der Waals surface area contributed by atoms with Crippen LogP contribution in [0.2, 0.25) is 0 Å². The number of sulfone groups is 1. The summed E-state index contributed by atoms with van der Waals surface area (Å²) in [5.41, 5.74) is 0. The summed E-state index contributed by atoms with van der Waals surface area (Å²) in [5.74, 6) is -0.430. The Bertz CT molecular complexity index is 289. The number of carbonyl (C=O) groups excluding carboxylic acids is 1. The van der Waals surface area contributed by atoms with Gasteiger partial charge in [0.15, 0.2) is 9.84 Å². The summed E-state index contributed by atoms with van der Waals surface area (Å²) >= 11 is 3.25. The van der Waals surface area contributed by atoms with Crippen molar-refractivity contribution >= 4 is 31.7 Å². The molecule has 0 aromatic carbocycles. The summed E-state index contributed by atoms with van der Waals surface area (Å²) in [6.07, 6.45) is 1.84. The Morgan fingerprint density at radius 1 is 1.43 bits per heavy atom. The summed E-state index contributed by atoms with van der Waals surface area (Å²) in [6.45, 7) is 3.24. The van der Waals surface area contributed by atoms with Crippen LogP contribution in [-0.2, 0) is 14.6 Å². The number of hydrogen-bond donors (Lipinski definition) is 1. The summed E-state index contributed by atoms with van der Waals surface area (Å²) in [6, 6.07) is -0.00826. The van der Waals surface area contributed by atoms with Gasteiger partial charge in [0, 0.05) is 17.6 Å². The van der Waals surface area contributed by atoms with Gasteiger partial charge in [-0.1, -0.05) is 15.9 Å². The number of carbonyl (C=O) groups is 1. The first-order valence-electron chi connectivity index (χ1n) is 4.34. The molecule has 4 nitrogen and oxygen atoms in total. The Morgan fingerprint density at radius 3 is 2.29 bits per heavy atom. The fraction of sp³-hybridized carbons (Fsp3) is 0.875. The van der Waals surface area contributed by atoms with Crippen LogP contribution in [0.3, 0.4) is 0 Å². The van der Waals surface area contributed by atoms with Crippen molar-refractivity contribution in [3.63, 3.8) is 0 Å². The molecule has 14 heavy (non-hydrogen) atoms. The first kappa shape index (κ1) is 13.9. The van der Waals surface area contributed by atoms with E-state index < -0.39 is 21.0 Å². The largest absolute Gasteiger partial charge is 0.353 e. The monoisotopic (exact) mass is 285 g/mol. The molecule has 0 aromatic heterocycles. The zero-order valence-corrected chi connectivity index (χ0v) is 11.0. The first-order chi connectivity index (χ1) is 6.29. The van der Waals surface area contributed by atoms with Gasteiger partial charge in [-0.2, -0.15) is 0 Å². The highest BCUT2D eigenvalue weighted by Gasteiger charge is 2.24. The van der Waals surface area contributed by atoms with Crippen molar-refractivity contribution < 1.29 is 13.2 Å². The van der Waals surface area contributed by atoms with E-state index in [9.17, 15) is 13.2 Å². The minimum absolute atomic E-state index is 0.00826. The molecule has 0 rings (SSSR count). The SMILES string of the molecule is CC(CCBr)NC(=O)C(C)S(C)(=O)=O. The predicted molar refractivity (Wildman–Crippen MR) is 60.3 cm³/mol. The second-order valence-corrected chi connectivity index (χ2v) is 6.52. The number of rotatable bonds is 5. The third kappa shape index (κ3) is 4.95. The van der Waals surface area contributed by atoms with Crippen LogP contribution >= 0.6 is 15.9 Å². The molecular formula is C8H16BrNO3S. The van der Waals surface area contributed by atoms with Crippen LogP contribution in [0.25, 0.3) is 0 Å². The maximum absolute atomic E-state index is 11.4. The van der Waals surface area contributed by atoms with Gasteiger partial charge in [-0.05, 0) is 20.3 Å². The van der Waals surface area contributed by atoms with Crippen LogP contribution in [0.4, 0.5) is 0 Å². The molecule has 2 atom stereocenters. The van der Waals surface area contributed by atoms with E-state index in [4.69, 9.17) is 0 Å². The summed E-state index contributed by atoms with van der Waals surface area (Å²) in [4.78, 5) is 11.4. The average Bonchev–Trinajstić information content (AvgIpc) is 2.01. The van der Waals surface area contributed by atoms with Gasteiger partial charge in [0.2, 0.25) is 5.91 Å². The molecule has 0 saturated carbocycles. The summed E-state index contributed by atoms with van der Waals surface area (Å²) in [5, 5.41) is 2.45. The van der Waals surface area contributed by atoms with Crippen LogP contribution < -0.4 is 5.32 Å². The van der Waals surface area contributed by atoms with Gasteiger partial charge >= 0.3 is 0 Å². The highest BCUT2D eigenvalue weighted by Crippen LogP contribution is 2.00. The quantitative estimate of drug-likeness (QED) is 0.757. The lowest BCUT2D eigenvalue weighted by molar-refractivity contribution is -0.121. The predicted octanol–water partition coefficient (Wildman–Crippen LogP) is 0.709. The molecule has 0 heterocycles. The lowest BCUT2D eigenvalue weighted by atomic mass is 10.2. The zero-order chi connectivity index (χ0) is 11.4. The highest BCUT2D eigenvalue weighted by atomic mass is 79.9. The smallest absolute Gasteiger partial charge is 0.238 e. The lowest BCUT2D eigenvalue weighted by Crippen LogP contribution is -2.42. The molecule has 0 aliphatic heterocycles. The fourth-order valence-electron chi connectivity index (χ4n) is 0.790. The molecule has 0 saturated heterocycles. The second-order valence-electron chi connectivity index (χ2n) is 3.36. The van der Waals surface area contributed by atoms with Crippen molar-refractivity contribution in [2.45, 2.75) is 31.6 Å². The Balaban J connectivity index is 4.22.